The molecule has 0 bridgehead atoms. The summed E-state index contributed by atoms with van der Waals surface area (Å²) < 4.78 is 0. The molecule has 2 atom stereocenters. The predicted molar refractivity (Wildman–Crippen MR) is 61.5 cm³/mol. The van der Waals surface area contributed by atoms with Crippen LogP contribution >= 0.6 is 0 Å². The van der Waals surface area contributed by atoms with Crippen molar-refractivity contribution in [3.05, 3.63) is 48.0 Å². The molecule has 0 spiro atoms. The lowest BCUT2D eigenvalue weighted by molar-refractivity contribution is 0.382. The van der Waals surface area contributed by atoms with E-state index in [1.165, 1.54) is 5.56 Å². The molecule has 3 heteroatoms. The maximum atomic E-state index is 9.15. The van der Waals surface area contributed by atoms with Gasteiger partial charge >= 0.3 is 7.12 Å². The third kappa shape index (κ3) is 2.49. The number of hydrogen-bond donors (Lipinski definition) is 2. The molecule has 15 heavy (non-hydrogen) atoms. The van der Waals surface area contributed by atoms with Crippen molar-refractivity contribution in [2.24, 2.45) is 0 Å². The van der Waals surface area contributed by atoms with Gasteiger partial charge in [-0.3, -0.25) is 0 Å². The Kier molecular flexibility index (Phi) is 3.24. The van der Waals surface area contributed by atoms with Gasteiger partial charge in [-0.25, -0.2) is 0 Å². The SMILES string of the molecule is OB(O)[C@H]1C=CC[C@H](c2ccccc2)C1. The standard InChI is InChI=1S/C12H15BO2/c14-13(15)12-8-4-7-11(9-12)10-5-2-1-3-6-10/h1-6,8,11-12,14-15H,7,9H2/t11-,12-/m0/s1. The quantitative estimate of drug-likeness (QED) is 0.568. The molecule has 0 radical (unpaired) electrons. The average Bonchev–Trinajstić information content (AvgIpc) is 2.30. The lowest BCUT2D eigenvalue weighted by Crippen LogP contribution is -2.22. The monoisotopic (exact) mass is 202 g/mol. The molecule has 0 saturated carbocycles. The molecule has 1 aliphatic carbocycles. The maximum absolute atomic E-state index is 9.15. The van der Waals surface area contributed by atoms with Gasteiger partial charge in [0.15, 0.2) is 0 Å². The fraction of sp³-hybridized carbons (Fsp3) is 0.333. The highest BCUT2D eigenvalue weighted by atomic mass is 16.4. The van der Waals surface area contributed by atoms with Crippen molar-refractivity contribution in [1.29, 1.82) is 0 Å². The second-order valence-electron chi connectivity index (χ2n) is 4.08. The molecule has 2 nitrogen and oxygen atoms in total. The first-order valence-electron chi connectivity index (χ1n) is 5.35. The van der Waals surface area contributed by atoms with Crippen molar-refractivity contribution in [2.45, 2.75) is 24.6 Å². The molecule has 2 N–H and O–H groups in total. The van der Waals surface area contributed by atoms with Gasteiger partial charge in [0.1, 0.15) is 0 Å². The minimum absolute atomic E-state index is 0.121. The van der Waals surface area contributed by atoms with Gasteiger partial charge in [0.25, 0.3) is 0 Å². The zero-order valence-electron chi connectivity index (χ0n) is 8.58. The summed E-state index contributed by atoms with van der Waals surface area (Å²) in [7, 11) is -1.23. The average molecular weight is 202 g/mol. The highest BCUT2D eigenvalue weighted by Gasteiger charge is 2.27. The van der Waals surface area contributed by atoms with Gasteiger partial charge in [0, 0.05) is 5.82 Å². The van der Waals surface area contributed by atoms with Crippen molar-refractivity contribution in [3.8, 4) is 0 Å². The van der Waals surface area contributed by atoms with Crippen LogP contribution in [0.3, 0.4) is 0 Å². The first-order chi connectivity index (χ1) is 7.27. The summed E-state index contributed by atoms with van der Waals surface area (Å²) in [5.41, 5.74) is 1.28. The molecule has 0 heterocycles. The third-order valence-corrected chi connectivity index (χ3v) is 3.01. The lowest BCUT2D eigenvalue weighted by Gasteiger charge is -2.24. The number of allylic oxidation sites excluding steroid dienone is 2. The Morgan fingerprint density at radius 1 is 1.13 bits per heavy atom. The molecule has 0 aromatic heterocycles. The summed E-state index contributed by atoms with van der Waals surface area (Å²) in [5, 5.41) is 18.3. The van der Waals surface area contributed by atoms with Gasteiger partial charge in [-0.05, 0) is 24.3 Å². The molecule has 0 aliphatic heterocycles. The molecular formula is C12H15BO2. The van der Waals surface area contributed by atoms with Gasteiger partial charge in [0.05, 0.1) is 0 Å². The summed E-state index contributed by atoms with van der Waals surface area (Å²) >= 11 is 0. The molecule has 1 aromatic rings. The third-order valence-electron chi connectivity index (χ3n) is 3.01. The fourth-order valence-electron chi connectivity index (χ4n) is 2.14. The summed E-state index contributed by atoms with van der Waals surface area (Å²) in [6, 6.07) is 10.3. The van der Waals surface area contributed by atoms with E-state index in [1.54, 1.807) is 0 Å². The van der Waals surface area contributed by atoms with Crippen LogP contribution in [0, 0.1) is 0 Å². The van der Waals surface area contributed by atoms with Crippen molar-refractivity contribution in [2.75, 3.05) is 0 Å². The summed E-state index contributed by atoms with van der Waals surface area (Å²) in [6.45, 7) is 0. The Hall–Kier alpha value is -1.06. The Labute approximate surface area is 90.4 Å². The van der Waals surface area contributed by atoms with Crippen LogP contribution < -0.4 is 0 Å². The predicted octanol–water partition coefficient (Wildman–Crippen LogP) is 1.96. The molecule has 1 aromatic carbocycles. The minimum Gasteiger partial charge on any atom is -0.427 e. The van der Waals surface area contributed by atoms with Crippen LogP contribution in [-0.2, 0) is 0 Å². The Bertz CT molecular complexity index is 335. The Morgan fingerprint density at radius 3 is 2.53 bits per heavy atom. The second kappa shape index (κ2) is 4.64. The number of hydrogen-bond acceptors (Lipinski definition) is 2. The molecule has 1 aliphatic rings. The van der Waals surface area contributed by atoms with Gasteiger partial charge in [-0.2, -0.15) is 0 Å². The van der Waals surface area contributed by atoms with Crippen molar-refractivity contribution < 1.29 is 10.0 Å². The summed E-state index contributed by atoms with van der Waals surface area (Å²) in [6.07, 6.45) is 5.76. The first-order valence-corrected chi connectivity index (χ1v) is 5.35. The van der Waals surface area contributed by atoms with E-state index in [1.807, 2.05) is 30.4 Å². The van der Waals surface area contributed by atoms with Crippen LogP contribution in [0.1, 0.15) is 24.3 Å². The highest BCUT2D eigenvalue weighted by Crippen LogP contribution is 2.35. The van der Waals surface area contributed by atoms with Crippen LogP contribution in [-0.4, -0.2) is 17.2 Å². The first kappa shape index (κ1) is 10.5. The van der Waals surface area contributed by atoms with E-state index in [9.17, 15) is 0 Å². The maximum Gasteiger partial charge on any atom is 0.458 e. The molecule has 0 amide bonds. The van der Waals surface area contributed by atoms with Crippen LogP contribution in [0.5, 0.6) is 0 Å². The fourth-order valence-corrected chi connectivity index (χ4v) is 2.14. The van der Waals surface area contributed by atoms with E-state index in [-0.39, 0.29) is 5.82 Å². The van der Waals surface area contributed by atoms with E-state index in [4.69, 9.17) is 10.0 Å². The molecule has 78 valence electrons. The van der Waals surface area contributed by atoms with E-state index in [0.717, 1.165) is 12.8 Å². The lowest BCUT2D eigenvalue weighted by atomic mass is 9.65. The van der Waals surface area contributed by atoms with Crippen LogP contribution in [0.4, 0.5) is 0 Å². The summed E-state index contributed by atoms with van der Waals surface area (Å²) in [4.78, 5) is 0. The van der Waals surface area contributed by atoms with Crippen LogP contribution in [0.15, 0.2) is 42.5 Å². The number of rotatable bonds is 2. The molecule has 0 unspecified atom stereocenters. The van der Waals surface area contributed by atoms with E-state index < -0.39 is 7.12 Å². The van der Waals surface area contributed by atoms with Crippen molar-refractivity contribution >= 4 is 7.12 Å². The molecule has 2 rings (SSSR count). The van der Waals surface area contributed by atoms with Crippen LogP contribution in [0.25, 0.3) is 0 Å². The van der Waals surface area contributed by atoms with Gasteiger partial charge in [0.2, 0.25) is 0 Å². The summed E-state index contributed by atoms with van der Waals surface area (Å²) in [5.74, 6) is 0.298. The second-order valence-corrected chi connectivity index (χ2v) is 4.08. The molecular weight excluding hydrogens is 187 g/mol. The van der Waals surface area contributed by atoms with Crippen molar-refractivity contribution in [1.82, 2.24) is 0 Å². The van der Waals surface area contributed by atoms with E-state index in [2.05, 4.69) is 12.1 Å². The molecule has 0 saturated heterocycles. The van der Waals surface area contributed by atoms with E-state index in [0.29, 0.717) is 5.92 Å². The smallest absolute Gasteiger partial charge is 0.427 e. The van der Waals surface area contributed by atoms with Gasteiger partial charge in [-0.1, -0.05) is 42.5 Å². The largest absolute Gasteiger partial charge is 0.458 e. The van der Waals surface area contributed by atoms with Crippen molar-refractivity contribution in [3.63, 3.8) is 0 Å². The van der Waals surface area contributed by atoms with E-state index >= 15 is 0 Å². The number of benzene rings is 1. The Morgan fingerprint density at radius 2 is 1.87 bits per heavy atom. The highest BCUT2D eigenvalue weighted by molar-refractivity contribution is 6.43. The van der Waals surface area contributed by atoms with Gasteiger partial charge in [-0.15, -0.1) is 0 Å². The molecule has 0 fully saturated rings. The zero-order chi connectivity index (χ0) is 10.7. The minimum atomic E-state index is -1.23. The topological polar surface area (TPSA) is 40.5 Å². The van der Waals surface area contributed by atoms with Crippen LogP contribution in [0.2, 0.25) is 5.82 Å². The zero-order valence-corrected chi connectivity index (χ0v) is 8.58. The Balaban J connectivity index is 2.10. The van der Waals surface area contributed by atoms with Gasteiger partial charge < -0.3 is 10.0 Å². The normalized spacial score (nSPS) is 25.2.